The standard InChI is InChI=1S/C21H23N7O/c1-21(2)10-18-15(11-24-27(18)17-3-6-22-7-4-17)12-26(14-21)13-16-9-20(29)28-19(25-16)5-8-23-28/h3-9,11,23H,10,12-14H2,1-2H3. The predicted molar refractivity (Wildman–Crippen MR) is 109 cm³/mol. The lowest BCUT2D eigenvalue weighted by Gasteiger charge is -2.29. The Morgan fingerprint density at radius 2 is 2.03 bits per heavy atom. The minimum absolute atomic E-state index is 0.0588. The van der Waals surface area contributed by atoms with E-state index < -0.39 is 0 Å². The molecule has 29 heavy (non-hydrogen) atoms. The first-order valence-corrected chi connectivity index (χ1v) is 9.73. The van der Waals surface area contributed by atoms with Crippen molar-refractivity contribution in [3.05, 3.63) is 76.4 Å². The SMILES string of the molecule is CC1(C)Cc2c(cnn2-c2ccncc2)CN(Cc2cc(=O)n3[nH]ccc3n2)C1. The summed E-state index contributed by atoms with van der Waals surface area (Å²) in [5, 5.41) is 7.54. The van der Waals surface area contributed by atoms with Crippen LogP contribution < -0.4 is 5.56 Å². The topological polar surface area (TPSA) is 84.1 Å². The molecule has 8 nitrogen and oxygen atoms in total. The van der Waals surface area contributed by atoms with Crippen molar-refractivity contribution in [1.29, 1.82) is 0 Å². The Hall–Kier alpha value is -3.26. The summed E-state index contributed by atoms with van der Waals surface area (Å²) in [5.74, 6) is 0. The molecule has 0 atom stereocenters. The van der Waals surface area contributed by atoms with Crippen LogP contribution in [0.5, 0.6) is 0 Å². The van der Waals surface area contributed by atoms with E-state index in [-0.39, 0.29) is 11.0 Å². The maximum absolute atomic E-state index is 12.3. The zero-order chi connectivity index (χ0) is 20.0. The summed E-state index contributed by atoms with van der Waals surface area (Å²) in [6.45, 7) is 6.86. The fourth-order valence-electron chi connectivity index (χ4n) is 4.25. The summed E-state index contributed by atoms with van der Waals surface area (Å²) in [5.41, 5.74) is 4.88. The van der Waals surface area contributed by atoms with Crippen molar-refractivity contribution >= 4 is 5.65 Å². The number of H-pyrrole nitrogens is 1. The number of aromatic amines is 1. The minimum atomic E-state index is -0.0877. The largest absolute Gasteiger partial charge is 0.297 e. The van der Waals surface area contributed by atoms with Crippen molar-refractivity contribution in [1.82, 2.24) is 34.3 Å². The molecule has 4 aromatic rings. The number of pyridine rings is 1. The normalized spacial score (nSPS) is 16.6. The monoisotopic (exact) mass is 389 g/mol. The molecule has 0 spiro atoms. The summed E-state index contributed by atoms with van der Waals surface area (Å²) in [7, 11) is 0. The van der Waals surface area contributed by atoms with E-state index in [1.807, 2.05) is 29.1 Å². The van der Waals surface area contributed by atoms with Crippen LogP contribution >= 0.6 is 0 Å². The Bertz CT molecular complexity index is 1220. The minimum Gasteiger partial charge on any atom is -0.297 e. The number of hydrogen-bond acceptors (Lipinski definition) is 5. The van der Waals surface area contributed by atoms with Crippen LogP contribution in [0.4, 0.5) is 0 Å². The lowest BCUT2D eigenvalue weighted by atomic mass is 9.87. The van der Waals surface area contributed by atoms with Crippen LogP contribution in [0.25, 0.3) is 11.3 Å². The number of aromatic nitrogens is 6. The molecule has 4 aromatic heterocycles. The molecule has 5 rings (SSSR count). The second-order valence-electron chi connectivity index (χ2n) is 8.46. The molecule has 5 heterocycles. The molecule has 0 bridgehead atoms. The Kier molecular flexibility index (Phi) is 4.09. The maximum Gasteiger partial charge on any atom is 0.272 e. The molecule has 0 fully saturated rings. The highest BCUT2D eigenvalue weighted by molar-refractivity contribution is 5.37. The third-order valence-electron chi connectivity index (χ3n) is 5.37. The molecule has 0 unspecified atom stereocenters. The molecule has 0 aromatic carbocycles. The van der Waals surface area contributed by atoms with Gasteiger partial charge in [-0.1, -0.05) is 13.8 Å². The first kappa shape index (κ1) is 17.8. The van der Waals surface area contributed by atoms with Gasteiger partial charge in [0.25, 0.3) is 5.56 Å². The van der Waals surface area contributed by atoms with Crippen LogP contribution in [0.1, 0.15) is 30.8 Å². The first-order valence-electron chi connectivity index (χ1n) is 9.73. The van der Waals surface area contributed by atoms with Gasteiger partial charge in [0.05, 0.1) is 17.6 Å². The molecule has 1 aliphatic heterocycles. The number of nitrogens with one attached hydrogen (secondary N) is 1. The van der Waals surface area contributed by atoms with Crippen molar-refractivity contribution < 1.29 is 0 Å². The summed E-state index contributed by atoms with van der Waals surface area (Å²) < 4.78 is 3.48. The van der Waals surface area contributed by atoms with Crippen molar-refractivity contribution in [3.63, 3.8) is 0 Å². The number of hydrogen-bond donors (Lipinski definition) is 1. The van der Waals surface area contributed by atoms with E-state index in [0.717, 1.165) is 30.9 Å². The lowest BCUT2D eigenvalue weighted by Crippen LogP contribution is -2.33. The molecule has 148 valence electrons. The molecule has 0 aliphatic carbocycles. The third kappa shape index (κ3) is 3.36. The summed E-state index contributed by atoms with van der Waals surface area (Å²) >= 11 is 0. The van der Waals surface area contributed by atoms with Gasteiger partial charge in [0.1, 0.15) is 0 Å². The maximum atomic E-state index is 12.3. The summed E-state index contributed by atoms with van der Waals surface area (Å²) in [4.78, 5) is 23.4. The van der Waals surface area contributed by atoms with E-state index in [4.69, 9.17) is 0 Å². The van der Waals surface area contributed by atoms with Gasteiger partial charge in [-0.05, 0) is 24.0 Å². The van der Waals surface area contributed by atoms with Gasteiger partial charge >= 0.3 is 0 Å². The van der Waals surface area contributed by atoms with E-state index in [1.54, 1.807) is 24.7 Å². The second kappa shape index (κ2) is 6.66. The van der Waals surface area contributed by atoms with Gasteiger partial charge < -0.3 is 0 Å². The predicted octanol–water partition coefficient (Wildman–Crippen LogP) is 2.19. The molecular formula is C21H23N7O. The van der Waals surface area contributed by atoms with Gasteiger partial charge in [-0.15, -0.1) is 0 Å². The van der Waals surface area contributed by atoms with Crippen LogP contribution in [0.15, 0.2) is 53.8 Å². The Morgan fingerprint density at radius 3 is 2.86 bits per heavy atom. The van der Waals surface area contributed by atoms with E-state index >= 15 is 0 Å². The molecule has 1 N–H and O–H groups in total. The van der Waals surface area contributed by atoms with Crippen molar-refractivity contribution in [2.24, 2.45) is 5.41 Å². The number of rotatable bonds is 3. The third-order valence-corrected chi connectivity index (χ3v) is 5.37. The highest BCUT2D eigenvalue weighted by atomic mass is 16.1. The number of nitrogens with zero attached hydrogens (tertiary/aromatic N) is 6. The molecule has 0 amide bonds. The molecule has 8 heteroatoms. The molecule has 0 saturated heterocycles. The first-order chi connectivity index (χ1) is 14.0. The van der Waals surface area contributed by atoms with E-state index in [0.29, 0.717) is 12.2 Å². The van der Waals surface area contributed by atoms with Gasteiger partial charge in [-0.25, -0.2) is 14.2 Å². The lowest BCUT2D eigenvalue weighted by molar-refractivity contribution is 0.171. The van der Waals surface area contributed by atoms with Crippen LogP contribution in [-0.2, 0) is 19.5 Å². The second-order valence-corrected chi connectivity index (χ2v) is 8.46. The number of fused-ring (bicyclic) bond motifs is 2. The quantitative estimate of drug-likeness (QED) is 0.581. The van der Waals surface area contributed by atoms with Crippen LogP contribution in [0.2, 0.25) is 0 Å². The molecule has 0 saturated carbocycles. The van der Waals surface area contributed by atoms with Crippen molar-refractivity contribution in [2.75, 3.05) is 6.54 Å². The Balaban J connectivity index is 1.48. The Morgan fingerprint density at radius 1 is 1.21 bits per heavy atom. The fraction of sp³-hybridized carbons (Fsp3) is 0.333. The molecule has 0 radical (unpaired) electrons. The van der Waals surface area contributed by atoms with Crippen molar-refractivity contribution in [3.8, 4) is 5.69 Å². The van der Waals surface area contributed by atoms with Gasteiger partial charge in [-0.2, -0.15) is 5.10 Å². The summed E-state index contributed by atoms with van der Waals surface area (Å²) in [6, 6.07) is 7.38. The fourth-order valence-corrected chi connectivity index (χ4v) is 4.25. The summed E-state index contributed by atoms with van der Waals surface area (Å²) in [6.07, 6.45) is 8.19. The average molecular weight is 389 g/mol. The van der Waals surface area contributed by atoms with E-state index in [9.17, 15) is 4.79 Å². The van der Waals surface area contributed by atoms with Crippen LogP contribution in [0, 0.1) is 5.41 Å². The average Bonchev–Trinajstić information content (AvgIpc) is 3.27. The highest BCUT2D eigenvalue weighted by Gasteiger charge is 2.31. The van der Waals surface area contributed by atoms with Gasteiger partial charge in [0, 0.05) is 61.6 Å². The van der Waals surface area contributed by atoms with Crippen molar-refractivity contribution in [2.45, 2.75) is 33.4 Å². The highest BCUT2D eigenvalue weighted by Crippen LogP contribution is 2.31. The molecular weight excluding hydrogens is 366 g/mol. The van der Waals surface area contributed by atoms with Gasteiger partial charge in [-0.3, -0.25) is 19.8 Å². The zero-order valence-corrected chi connectivity index (χ0v) is 16.5. The Labute approximate surface area is 167 Å². The van der Waals surface area contributed by atoms with Crippen LogP contribution in [-0.4, -0.2) is 40.8 Å². The van der Waals surface area contributed by atoms with E-state index in [1.165, 1.54) is 15.8 Å². The van der Waals surface area contributed by atoms with Gasteiger partial charge in [0.2, 0.25) is 0 Å². The smallest absolute Gasteiger partial charge is 0.272 e. The van der Waals surface area contributed by atoms with E-state index in [2.05, 4.69) is 38.9 Å². The zero-order valence-electron chi connectivity index (χ0n) is 16.5. The van der Waals surface area contributed by atoms with Gasteiger partial charge in [0.15, 0.2) is 5.65 Å². The van der Waals surface area contributed by atoms with Crippen LogP contribution in [0.3, 0.4) is 0 Å². The molecule has 1 aliphatic rings.